The molecule has 1 aliphatic carbocycles. The van der Waals surface area contributed by atoms with Gasteiger partial charge in [0.15, 0.2) is 5.82 Å². The molecule has 1 aromatic rings. The predicted octanol–water partition coefficient (Wildman–Crippen LogP) is 1.08. The topological polar surface area (TPSA) is 107 Å². The zero-order valence-corrected chi connectivity index (χ0v) is 12.4. The minimum Gasteiger partial charge on any atom is -0.476 e. The molecule has 0 unspecified atom stereocenters. The maximum atomic E-state index is 11.4. The lowest BCUT2D eigenvalue weighted by molar-refractivity contribution is -0.116. The monoisotopic (exact) mass is 293 g/mol. The van der Waals surface area contributed by atoms with Crippen molar-refractivity contribution >= 4 is 17.4 Å². The summed E-state index contributed by atoms with van der Waals surface area (Å²) in [6, 6.07) is 0.244. The summed E-state index contributed by atoms with van der Waals surface area (Å²) in [6.07, 6.45) is 6.60. The van der Waals surface area contributed by atoms with Crippen LogP contribution in [0.15, 0.2) is 6.33 Å². The third kappa shape index (κ3) is 3.74. The highest BCUT2D eigenvalue weighted by atomic mass is 16.5. The minimum atomic E-state index is -0.393. The fourth-order valence-corrected chi connectivity index (χ4v) is 2.67. The molecule has 1 aromatic heterocycles. The summed E-state index contributed by atoms with van der Waals surface area (Å²) in [6.45, 7) is 2.66. The molecule has 0 bridgehead atoms. The van der Waals surface area contributed by atoms with Gasteiger partial charge in [-0.15, -0.1) is 0 Å². The van der Waals surface area contributed by atoms with Crippen molar-refractivity contribution in [2.24, 2.45) is 5.73 Å². The highest BCUT2D eigenvalue weighted by molar-refractivity contribution is 5.81. The summed E-state index contributed by atoms with van der Waals surface area (Å²) in [5.74, 6) is 0.520. The molecule has 0 radical (unpaired) electrons. The standard InChI is InChI=1S/C14H23N5O2/c1-2-7-21-14-12(16)13(17-9-18-14)19(8-11(15)20)10-5-3-4-6-10/h9-10H,2-8,16H2,1H3,(H2,15,20). The molecule has 116 valence electrons. The largest absolute Gasteiger partial charge is 0.476 e. The highest BCUT2D eigenvalue weighted by Gasteiger charge is 2.27. The van der Waals surface area contributed by atoms with Gasteiger partial charge < -0.3 is 21.1 Å². The Bertz CT molecular complexity index is 488. The Kier molecular flexibility index (Phi) is 5.19. The lowest BCUT2D eigenvalue weighted by atomic mass is 10.2. The zero-order valence-electron chi connectivity index (χ0n) is 12.4. The minimum absolute atomic E-state index is 0.110. The molecule has 2 rings (SSSR count). The van der Waals surface area contributed by atoms with E-state index in [9.17, 15) is 4.79 Å². The number of hydrogen-bond donors (Lipinski definition) is 2. The molecular weight excluding hydrogens is 270 g/mol. The predicted molar refractivity (Wildman–Crippen MR) is 81.0 cm³/mol. The van der Waals surface area contributed by atoms with Crippen molar-refractivity contribution in [3.63, 3.8) is 0 Å². The highest BCUT2D eigenvalue weighted by Crippen LogP contribution is 2.33. The van der Waals surface area contributed by atoms with E-state index in [1.807, 2.05) is 11.8 Å². The van der Waals surface area contributed by atoms with E-state index in [4.69, 9.17) is 16.2 Å². The molecule has 0 aliphatic heterocycles. The molecule has 4 N–H and O–H groups in total. The van der Waals surface area contributed by atoms with Crippen LogP contribution in [0, 0.1) is 0 Å². The molecule has 21 heavy (non-hydrogen) atoms. The number of carbonyl (C=O) groups excluding carboxylic acids is 1. The first-order chi connectivity index (χ1) is 10.1. The van der Waals surface area contributed by atoms with Gasteiger partial charge in [-0.25, -0.2) is 4.98 Å². The zero-order chi connectivity index (χ0) is 15.2. The van der Waals surface area contributed by atoms with Crippen LogP contribution in [-0.4, -0.2) is 35.1 Å². The summed E-state index contributed by atoms with van der Waals surface area (Å²) in [4.78, 5) is 21.6. The Balaban J connectivity index is 2.27. The van der Waals surface area contributed by atoms with E-state index in [2.05, 4.69) is 9.97 Å². The number of carbonyl (C=O) groups is 1. The van der Waals surface area contributed by atoms with Crippen molar-refractivity contribution in [2.75, 3.05) is 23.8 Å². The number of anilines is 2. The third-order valence-electron chi connectivity index (χ3n) is 3.63. The molecule has 0 atom stereocenters. The second kappa shape index (κ2) is 7.10. The van der Waals surface area contributed by atoms with Gasteiger partial charge in [-0.3, -0.25) is 4.79 Å². The molecular formula is C14H23N5O2. The van der Waals surface area contributed by atoms with Crippen LogP contribution in [0.25, 0.3) is 0 Å². The molecule has 1 fully saturated rings. The van der Waals surface area contributed by atoms with Crippen molar-refractivity contribution < 1.29 is 9.53 Å². The van der Waals surface area contributed by atoms with Gasteiger partial charge in [0, 0.05) is 6.04 Å². The van der Waals surface area contributed by atoms with Gasteiger partial charge in [-0.1, -0.05) is 19.8 Å². The van der Waals surface area contributed by atoms with Crippen LogP contribution in [0.3, 0.4) is 0 Å². The van der Waals surface area contributed by atoms with Gasteiger partial charge in [0.2, 0.25) is 11.8 Å². The van der Waals surface area contributed by atoms with Crippen LogP contribution in [0.5, 0.6) is 5.88 Å². The maximum absolute atomic E-state index is 11.4. The number of nitrogen functional groups attached to an aromatic ring is 1. The molecule has 7 heteroatoms. The van der Waals surface area contributed by atoms with Crippen LogP contribution in [0.4, 0.5) is 11.5 Å². The van der Waals surface area contributed by atoms with Gasteiger partial charge in [-0.05, 0) is 19.3 Å². The first-order valence-electron chi connectivity index (χ1n) is 7.41. The van der Waals surface area contributed by atoms with Gasteiger partial charge in [0.25, 0.3) is 0 Å². The Hall–Kier alpha value is -2.05. The lowest BCUT2D eigenvalue weighted by Gasteiger charge is -2.29. The summed E-state index contributed by atoms with van der Waals surface area (Å²) in [5, 5.41) is 0. The lowest BCUT2D eigenvalue weighted by Crippen LogP contribution is -2.41. The number of hydrogen-bond acceptors (Lipinski definition) is 6. The summed E-state index contributed by atoms with van der Waals surface area (Å²) < 4.78 is 5.53. The number of amides is 1. The van der Waals surface area contributed by atoms with Crippen LogP contribution in [0.1, 0.15) is 39.0 Å². The second-order valence-corrected chi connectivity index (χ2v) is 5.30. The third-order valence-corrected chi connectivity index (χ3v) is 3.63. The van der Waals surface area contributed by atoms with Crippen LogP contribution in [0.2, 0.25) is 0 Å². The summed E-state index contributed by atoms with van der Waals surface area (Å²) in [5.41, 5.74) is 11.9. The molecule has 1 amide bonds. The number of nitrogens with zero attached hydrogens (tertiary/aromatic N) is 3. The van der Waals surface area contributed by atoms with Gasteiger partial charge in [0.1, 0.15) is 12.0 Å². The van der Waals surface area contributed by atoms with Crippen molar-refractivity contribution in [3.8, 4) is 5.88 Å². The van der Waals surface area contributed by atoms with E-state index in [1.165, 1.54) is 6.33 Å². The first-order valence-corrected chi connectivity index (χ1v) is 7.41. The molecule has 1 aliphatic rings. The smallest absolute Gasteiger partial charge is 0.242 e. The van der Waals surface area contributed by atoms with E-state index in [0.717, 1.165) is 32.1 Å². The SMILES string of the molecule is CCCOc1ncnc(N(CC(N)=O)C2CCCC2)c1N. The number of primary amides is 1. The molecule has 1 heterocycles. The van der Waals surface area contributed by atoms with E-state index < -0.39 is 5.91 Å². The Morgan fingerprint density at radius 1 is 1.43 bits per heavy atom. The van der Waals surface area contributed by atoms with Crippen molar-refractivity contribution in [3.05, 3.63) is 6.33 Å². The van der Waals surface area contributed by atoms with Gasteiger partial charge in [-0.2, -0.15) is 4.98 Å². The fourth-order valence-electron chi connectivity index (χ4n) is 2.67. The molecule has 1 saturated carbocycles. The van der Waals surface area contributed by atoms with Crippen molar-refractivity contribution in [2.45, 2.75) is 45.1 Å². The second-order valence-electron chi connectivity index (χ2n) is 5.30. The number of nitrogens with two attached hydrogens (primary N) is 2. The Labute approximate surface area is 124 Å². The maximum Gasteiger partial charge on any atom is 0.242 e. The van der Waals surface area contributed by atoms with E-state index in [-0.39, 0.29) is 12.6 Å². The average molecular weight is 293 g/mol. The van der Waals surface area contributed by atoms with Gasteiger partial charge in [0.05, 0.1) is 13.2 Å². The first kappa shape index (κ1) is 15.3. The number of aromatic nitrogens is 2. The molecule has 0 saturated heterocycles. The average Bonchev–Trinajstić information content (AvgIpc) is 2.98. The number of ether oxygens (including phenoxy) is 1. The molecule has 7 nitrogen and oxygen atoms in total. The summed E-state index contributed by atoms with van der Waals surface area (Å²) in [7, 11) is 0. The van der Waals surface area contributed by atoms with E-state index in [0.29, 0.717) is 24.0 Å². The fraction of sp³-hybridized carbons (Fsp3) is 0.643. The van der Waals surface area contributed by atoms with Crippen LogP contribution >= 0.6 is 0 Å². The Morgan fingerprint density at radius 2 is 2.14 bits per heavy atom. The normalized spacial score (nSPS) is 15.1. The summed E-state index contributed by atoms with van der Waals surface area (Å²) >= 11 is 0. The van der Waals surface area contributed by atoms with Crippen LogP contribution < -0.4 is 21.1 Å². The number of rotatable bonds is 7. The van der Waals surface area contributed by atoms with E-state index in [1.54, 1.807) is 0 Å². The quantitative estimate of drug-likeness (QED) is 0.779. The van der Waals surface area contributed by atoms with Gasteiger partial charge >= 0.3 is 0 Å². The molecule has 0 aromatic carbocycles. The van der Waals surface area contributed by atoms with Crippen LogP contribution in [-0.2, 0) is 4.79 Å². The Morgan fingerprint density at radius 3 is 2.76 bits per heavy atom. The van der Waals surface area contributed by atoms with Crippen molar-refractivity contribution in [1.82, 2.24) is 9.97 Å². The van der Waals surface area contributed by atoms with E-state index >= 15 is 0 Å². The molecule has 0 spiro atoms. The van der Waals surface area contributed by atoms with Crippen molar-refractivity contribution in [1.29, 1.82) is 0 Å².